The molecule has 0 aromatic carbocycles. The average Bonchev–Trinajstić information content (AvgIpc) is 2.79. The van der Waals surface area contributed by atoms with Crippen molar-refractivity contribution in [2.45, 2.75) is 115 Å². The lowest BCUT2D eigenvalue weighted by atomic mass is 9.82. The van der Waals surface area contributed by atoms with Crippen LogP contribution in [0.25, 0.3) is 0 Å². The SMILES string of the molecule is CCCCCCCCO[C@H]1CC[C@H](c2cnc([C@H]3CC[C@H](C#N)CC3)nc2)CC1. The van der Waals surface area contributed by atoms with Gasteiger partial charge >= 0.3 is 0 Å². The second kappa shape index (κ2) is 12.3. The van der Waals surface area contributed by atoms with Gasteiger partial charge in [-0.25, -0.2) is 9.97 Å². The summed E-state index contributed by atoms with van der Waals surface area (Å²) in [5.41, 5.74) is 1.30. The van der Waals surface area contributed by atoms with Crippen LogP contribution in [-0.4, -0.2) is 22.7 Å². The van der Waals surface area contributed by atoms with Crippen LogP contribution in [0.1, 0.15) is 120 Å². The van der Waals surface area contributed by atoms with Crippen LogP contribution < -0.4 is 0 Å². The second-order valence-corrected chi connectivity index (χ2v) is 9.16. The van der Waals surface area contributed by atoms with Crippen LogP contribution in [-0.2, 0) is 4.74 Å². The molecule has 0 N–H and O–H groups in total. The molecule has 2 aliphatic carbocycles. The third-order valence-corrected chi connectivity index (χ3v) is 6.96. The zero-order chi connectivity index (χ0) is 20.3. The maximum absolute atomic E-state index is 9.06. The van der Waals surface area contributed by atoms with Crippen molar-refractivity contribution in [2.75, 3.05) is 6.61 Å². The first-order valence-corrected chi connectivity index (χ1v) is 12.1. The van der Waals surface area contributed by atoms with E-state index < -0.39 is 0 Å². The summed E-state index contributed by atoms with van der Waals surface area (Å²) in [6, 6.07) is 2.41. The molecule has 0 spiro atoms. The van der Waals surface area contributed by atoms with E-state index in [4.69, 9.17) is 20.0 Å². The molecule has 1 aromatic rings. The maximum atomic E-state index is 9.06. The number of aromatic nitrogens is 2. The average molecular weight is 398 g/mol. The van der Waals surface area contributed by atoms with Crippen molar-refractivity contribution < 1.29 is 4.74 Å². The van der Waals surface area contributed by atoms with Crippen LogP contribution in [0.3, 0.4) is 0 Å². The van der Waals surface area contributed by atoms with E-state index in [0.29, 0.717) is 17.9 Å². The van der Waals surface area contributed by atoms with E-state index in [2.05, 4.69) is 25.4 Å². The molecule has 0 saturated heterocycles. The Kier molecular flexibility index (Phi) is 9.41. The third-order valence-electron chi connectivity index (χ3n) is 6.96. The summed E-state index contributed by atoms with van der Waals surface area (Å²) in [6.07, 6.45) is 21.4. The first kappa shape index (κ1) is 22.2. The fraction of sp³-hybridized carbons (Fsp3) is 0.800. The van der Waals surface area contributed by atoms with Crippen LogP contribution in [0.15, 0.2) is 12.4 Å². The smallest absolute Gasteiger partial charge is 0.131 e. The lowest BCUT2D eigenvalue weighted by Gasteiger charge is -2.29. The Labute approximate surface area is 177 Å². The van der Waals surface area contributed by atoms with Gasteiger partial charge in [0.05, 0.1) is 12.2 Å². The van der Waals surface area contributed by atoms with E-state index in [0.717, 1.165) is 38.1 Å². The fourth-order valence-electron chi connectivity index (χ4n) is 4.95. The molecule has 2 saturated carbocycles. The van der Waals surface area contributed by atoms with Crippen molar-refractivity contribution in [2.24, 2.45) is 5.92 Å². The van der Waals surface area contributed by atoms with E-state index in [-0.39, 0.29) is 5.92 Å². The first-order valence-electron chi connectivity index (χ1n) is 12.1. The van der Waals surface area contributed by atoms with Crippen molar-refractivity contribution in [1.82, 2.24) is 9.97 Å². The van der Waals surface area contributed by atoms with Gasteiger partial charge in [-0.1, -0.05) is 39.0 Å². The quantitative estimate of drug-likeness (QED) is 0.413. The standard InChI is InChI=1S/C25H39N3O/c1-2-3-4-5-6-7-16-29-24-14-12-21(13-15-24)23-18-27-25(28-19-23)22-10-8-20(17-26)9-11-22/h18-22,24H,2-16H2,1H3/t20-,21-,22-,24-. The lowest BCUT2D eigenvalue weighted by molar-refractivity contribution is 0.0225. The number of rotatable bonds is 10. The molecular formula is C25H39N3O. The van der Waals surface area contributed by atoms with Crippen LogP contribution in [0.4, 0.5) is 0 Å². The van der Waals surface area contributed by atoms with Crippen molar-refractivity contribution in [3.05, 3.63) is 23.8 Å². The van der Waals surface area contributed by atoms with Gasteiger partial charge in [-0.3, -0.25) is 0 Å². The normalized spacial score (nSPS) is 27.4. The summed E-state index contributed by atoms with van der Waals surface area (Å²) < 4.78 is 6.14. The molecule has 3 rings (SSSR count). The van der Waals surface area contributed by atoms with Crippen molar-refractivity contribution in [1.29, 1.82) is 5.26 Å². The molecule has 1 aromatic heterocycles. The van der Waals surface area contributed by atoms with Gasteiger partial charge in [0.1, 0.15) is 5.82 Å². The zero-order valence-electron chi connectivity index (χ0n) is 18.3. The van der Waals surface area contributed by atoms with Gasteiger partial charge in [0.15, 0.2) is 0 Å². The topological polar surface area (TPSA) is 58.8 Å². The Balaban J connectivity index is 1.34. The Morgan fingerprint density at radius 3 is 2.14 bits per heavy atom. The summed E-state index contributed by atoms with van der Waals surface area (Å²) in [5.74, 6) is 2.26. The molecule has 4 heteroatoms. The number of hydrogen-bond donors (Lipinski definition) is 0. The Bertz CT molecular complexity index is 608. The number of nitrogens with zero attached hydrogens (tertiary/aromatic N) is 3. The van der Waals surface area contributed by atoms with E-state index in [1.807, 2.05) is 0 Å². The Morgan fingerprint density at radius 1 is 0.862 bits per heavy atom. The molecule has 1 heterocycles. The van der Waals surface area contributed by atoms with Crippen molar-refractivity contribution >= 4 is 0 Å². The van der Waals surface area contributed by atoms with Gasteiger partial charge in [0, 0.05) is 30.8 Å². The molecule has 0 amide bonds. The molecule has 0 unspecified atom stereocenters. The van der Waals surface area contributed by atoms with Crippen LogP contribution in [0, 0.1) is 17.2 Å². The minimum atomic E-state index is 0.240. The molecule has 160 valence electrons. The monoisotopic (exact) mass is 397 g/mol. The lowest BCUT2D eigenvalue weighted by Crippen LogP contribution is -2.21. The van der Waals surface area contributed by atoms with Gasteiger partial charge in [0.25, 0.3) is 0 Å². The summed E-state index contributed by atoms with van der Waals surface area (Å²) in [7, 11) is 0. The maximum Gasteiger partial charge on any atom is 0.131 e. The van der Waals surface area contributed by atoms with E-state index in [1.54, 1.807) is 0 Å². The number of ether oxygens (including phenoxy) is 1. The van der Waals surface area contributed by atoms with Crippen LogP contribution >= 0.6 is 0 Å². The largest absolute Gasteiger partial charge is 0.378 e. The number of unbranched alkanes of at least 4 members (excludes halogenated alkanes) is 5. The number of nitriles is 1. The van der Waals surface area contributed by atoms with Gasteiger partial charge in [0.2, 0.25) is 0 Å². The van der Waals surface area contributed by atoms with E-state index >= 15 is 0 Å². The third kappa shape index (κ3) is 7.07. The van der Waals surface area contributed by atoms with Crippen LogP contribution in [0.2, 0.25) is 0 Å². The second-order valence-electron chi connectivity index (χ2n) is 9.16. The summed E-state index contributed by atoms with van der Waals surface area (Å²) in [4.78, 5) is 9.43. The van der Waals surface area contributed by atoms with Gasteiger partial charge in [-0.2, -0.15) is 5.26 Å². The Morgan fingerprint density at radius 2 is 1.48 bits per heavy atom. The highest BCUT2D eigenvalue weighted by molar-refractivity contribution is 5.14. The molecule has 0 aliphatic heterocycles. The summed E-state index contributed by atoms with van der Waals surface area (Å²) in [5, 5.41) is 9.06. The van der Waals surface area contributed by atoms with Gasteiger partial charge < -0.3 is 4.74 Å². The predicted molar refractivity (Wildman–Crippen MR) is 117 cm³/mol. The number of hydrogen-bond acceptors (Lipinski definition) is 4. The van der Waals surface area contributed by atoms with Crippen molar-refractivity contribution in [3.63, 3.8) is 0 Å². The predicted octanol–water partition coefficient (Wildman–Crippen LogP) is 6.68. The minimum Gasteiger partial charge on any atom is -0.378 e. The molecule has 2 aliphatic rings. The molecule has 4 nitrogen and oxygen atoms in total. The highest BCUT2D eigenvalue weighted by Crippen LogP contribution is 2.36. The van der Waals surface area contributed by atoms with E-state index in [1.165, 1.54) is 69.8 Å². The highest BCUT2D eigenvalue weighted by Gasteiger charge is 2.26. The zero-order valence-corrected chi connectivity index (χ0v) is 18.3. The molecule has 0 atom stereocenters. The van der Waals surface area contributed by atoms with Crippen molar-refractivity contribution in [3.8, 4) is 6.07 Å². The summed E-state index contributed by atoms with van der Waals surface area (Å²) >= 11 is 0. The molecule has 0 radical (unpaired) electrons. The fourth-order valence-corrected chi connectivity index (χ4v) is 4.95. The molecular weight excluding hydrogens is 358 g/mol. The first-order chi connectivity index (χ1) is 14.3. The minimum absolute atomic E-state index is 0.240. The molecule has 2 fully saturated rings. The summed E-state index contributed by atoms with van der Waals surface area (Å²) in [6.45, 7) is 3.20. The molecule has 0 bridgehead atoms. The highest BCUT2D eigenvalue weighted by atomic mass is 16.5. The van der Waals surface area contributed by atoms with Gasteiger partial charge in [-0.15, -0.1) is 0 Å². The Hall–Kier alpha value is -1.47. The van der Waals surface area contributed by atoms with Gasteiger partial charge in [-0.05, 0) is 69.3 Å². The van der Waals surface area contributed by atoms with E-state index in [9.17, 15) is 0 Å². The van der Waals surface area contributed by atoms with Crippen LogP contribution in [0.5, 0.6) is 0 Å². The molecule has 29 heavy (non-hydrogen) atoms.